The Hall–Kier alpha value is -2.70. The van der Waals surface area contributed by atoms with Crippen molar-refractivity contribution in [1.82, 2.24) is 0 Å². The molecule has 1 fully saturated rings. The topological polar surface area (TPSA) is 82.1 Å². The minimum absolute atomic E-state index is 0.0384. The Balaban J connectivity index is 1.56. The van der Waals surface area contributed by atoms with E-state index in [9.17, 15) is 14.7 Å². The van der Waals surface area contributed by atoms with E-state index in [2.05, 4.69) is 0 Å². The molecule has 0 aromatic heterocycles. The van der Waals surface area contributed by atoms with Gasteiger partial charge in [-0.1, -0.05) is 36.4 Å². The summed E-state index contributed by atoms with van der Waals surface area (Å²) in [5.74, 6) is -1.02. The van der Waals surface area contributed by atoms with Gasteiger partial charge in [-0.05, 0) is 31.2 Å². The van der Waals surface area contributed by atoms with Crippen LogP contribution in [0.3, 0.4) is 0 Å². The van der Waals surface area contributed by atoms with Gasteiger partial charge in [0.05, 0.1) is 17.2 Å². The second-order valence-corrected chi connectivity index (χ2v) is 6.35. The van der Waals surface area contributed by atoms with Gasteiger partial charge in [0.25, 0.3) is 0 Å². The molecule has 0 saturated carbocycles. The number of hydrogen-bond donors (Lipinski definition) is 1. The highest BCUT2D eigenvalue weighted by atomic mass is 16.7. The van der Waals surface area contributed by atoms with Crippen LogP contribution in [-0.4, -0.2) is 41.6 Å². The highest BCUT2D eigenvalue weighted by molar-refractivity contribution is 5.90. The first-order valence-corrected chi connectivity index (χ1v) is 8.32. The maximum Gasteiger partial charge on any atom is 0.338 e. The van der Waals surface area contributed by atoms with Gasteiger partial charge in [0.15, 0.2) is 11.9 Å². The summed E-state index contributed by atoms with van der Waals surface area (Å²) in [6.07, 6.45) is -1.64. The molecule has 1 aliphatic heterocycles. The zero-order valence-electron chi connectivity index (χ0n) is 14.3. The molecule has 3 atom stereocenters. The molecule has 6 nitrogen and oxygen atoms in total. The van der Waals surface area contributed by atoms with Gasteiger partial charge >= 0.3 is 11.9 Å². The van der Waals surface area contributed by atoms with Gasteiger partial charge in [0.1, 0.15) is 6.61 Å². The molecule has 0 bridgehead atoms. The van der Waals surface area contributed by atoms with Crippen LogP contribution in [0.2, 0.25) is 0 Å². The standard InChI is InChI=1S/C20H20O6/c1-20(26-18(22)15-10-6-3-7-11-15)12-16(25-19(20)23)13-24-17(21)14-8-4-2-5-9-14/h2-11,16,19,23H,12-13H2,1H3/t16-,19+,20+/m0/s1. The van der Waals surface area contributed by atoms with E-state index in [0.717, 1.165) is 0 Å². The Morgan fingerprint density at radius 3 is 2.15 bits per heavy atom. The van der Waals surface area contributed by atoms with Crippen LogP contribution in [0.5, 0.6) is 0 Å². The molecule has 1 aliphatic rings. The van der Waals surface area contributed by atoms with Gasteiger partial charge in [-0.2, -0.15) is 0 Å². The van der Waals surface area contributed by atoms with Crippen molar-refractivity contribution in [2.75, 3.05) is 6.61 Å². The van der Waals surface area contributed by atoms with E-state index in [0.29, 0.717) is 11.1 Å². The van der Waals surface area contributed by atoms with E-state index in [1.165, 1.54) is 0 Å². The van der Waals surface area contributed by atoms with Crippen LogP contribution in [0.1, 0.15) is 34.1 Å². The van der Waals surface area contributed by atoms with Gasteiger partial charge in [-0.15, -0.1) is 0 Å². The molecule has 0 radical (unpaired) electrons. The Morgan fingerprint density at radius 1 is 1.04 bits per heavy atom. The van der Waals surface area contributed by atoms with E-state index in [-0.39, 0.29) is 13.0 Å². The molecular formula is C20H20O6. The molecule has 0 unspecified atom stereocenters. The van der Waals surface area contributed by atoms with Crippen molar-refractivity contribution in [3.05, 3.63) is 71.8 Å². The number of aliphatic hydroxyl groups excluding tert-OH is 1. The third kappa shape index (κ3) is 4.09. The molecule has 2 aromatic rings. The first-order chi connectivity index (χ1) is 12.5. The van der Waals surface area contributed by atoms with E-state index >= 15 is 0 Å². The van der Waals surface area contributed by atoms with Crippen LogP contribution in [0, 0.1) is 0 Å². The normalized spacial score (nSPS) is 24.8. The van der Waals surface area contributed by atoms with Gasteiger partial charge in [0, 0.05) is 6.42 Å². The number of rotatable bonds is 5. The first kappa shape index (κ1) is 18.1. The molecule has 3 rings (SSSR count). The summed E-state index contributed by atoms with van der Waals surface area (Å²) in [4.78, 5) is 24.2. The van der Waals surface area contributed by atoms with Crippen LogP contribution in [-0.2, 0) is 14.2 Å². The fourth-order valence-electron chi connectivity index (χ4n) is 2.79. The second kappa shape index (κ2) is 7.68. The van der Waals surface area contributed by atoms with Crippen molar-refractivity contribution >= 4 is 11.9 Å². The third-order valence-corrected chi connectivity index (χ3v) is 4.22. The summed E-state index contributed by atoms with van der Waals surface area (Å²) >= 11 is 0. The fraction of sp³-hybridized carbons (Fsp3) is 0.300. The smallest absolute Gasteiger partial charge is 0.338 e. The van der Waals surface area contributed by atoms with E-state index < -0.39 is 29.9 Å². The largest absolute Gasteiger partial charge is 0.459 e. The summed E-state index contributed by atoms with van der Waals surface area (Å²) < 4.78 is 16.1. The monoisotopic (exact) mass is 356 g/mol. The molecule has 1 N–H and O–H groups in total. The van der Waals surface area contributed by atoms with E-state index in [4.69, 9.17) is 14.2 Å². The van der Waals surface area contributed by atoms with Crippen LogP contribution in [0.25, 0.3) is 0 Å². The van der Waals surface area contributed by atoms with Crippen LogP contribution in [0.4, 0.5) is 0 Å². The third-order valence-electron chi connectivity index (χ3n) is 4.22. The molecule has 136 valence electrons. The molecule has 0 aliphatic carbocycles. The van der Waals surface area contributed by atoms with E-state index in [1.807, 2.05) is 0 Å². The van der Waals surface area contributed by atoms with Crippen LogP contribution in [0.15, 0.2) is 60.7 Å². The quantitative estimate of drug-likeness (QED) is 0.829. The summed E-state index contributed by atoms with van der Waals surface area (Å²) in [7, 11) is 0. The lowest BCUT2D eigenvalue weighted by Crippen LogP contribution is -2.39. The Bertz CT molecular complexity index is 760. The summed E-state index contributed by atoms with van der Waals surface area (Å²) in [6, 6.07) is 17.1. The summed E-state index contributed by atoms with van der Waals surface area (Å²) in [5.41, 5.74) is -0.388. The van der Waals surface area contributed by atoms with Gasteiger partial charge in [0.2, 0.25) is 0 Å². The lowest BCUT2D eigenvalue weighted by atomic mass is 10.0. The molecule has 1 saturated heterocycles. The minimum Gasteiger partial charge on any atom is -0.459 e. The van der Waals surface area contributed by atoms with Crippen LogP contribution >= 0.6 is 0 Å². The van der Waals surface area contributed by atoms with Gasteiger partial charge in [-0.3, -0.25) is 0 Å². The van der Waals surface area contributed by atoms with Crippen molar-refractivity contribution < 1.29 is 28.9 Å². The highest BCUT2D eigenvalue weighted by Gasteiger charge is 2.48. The lowest BCUT2D eigenvalue weighted by molar-refractivity contribution is -0.167. The molecule has 2 aromatic carbocycles. The maximum absolute atomic E-state index is 12.2. The van der Waals surface area contributed by atoms with Crippen molar-refractivity contribution in [2.24, 2.45) is 0 Å². The number of ether oxygens (including phenoxy) is 3. The lowest BCUT2D eigenvalue weighted by Gasteiger charge is -2.26. The van der Waals surface area contributed by atoms with Crippen molar-refractivity contribution in [1.29, 1.82) is 0 Å². The molecule has 0 amide bonds. The highest BCUT2D eigenvalue weighted by Crippen LogP contribution is 2.33. The van der Waals surface area contributed by atoms with Crippen LogP contribution < -0.4 is 0 Å². The SMILES string of the molecule is C[C@@]1(OC(=O)c2ccccc2)C[C@@H](COC(=O)c2ccccc2)O[C@H]1O. The maximum atomic E-state index is 12.2. The van der Waals surface area contributed by atoms with Gasteiger partial charge < -0.3 is 19.3 Å². The predicted octanol–water partition coefficient (Wildman–Crippen LogP) is 2.57. The number of benzene rings is 2. The Kier molecular flexibility index (Phi) is 5.35. The number of aliphatic hydroxyl groups is 1. The Labute approximate surface area is 151 Å². The van der Waals surface area contributed by atoms with Crippen molar-refractivity contribution in [2.45, 2.75) is 31.3 Å². The van der Waals surface area contributed by atoms with Crippen molar-refractivity contribution in [3.63, 3.8) is 0 Å². The van der Waals surface area contributed by atoms with Gasteiger partial charge in [-0.25, -0.2) is 9.59 Å². The second-order valence-electron chi connectivity index (χ2n) is 6.35. The molecule has 26 heavy (non-hydrogen) atoms. The Morgan fingerprint density at radius 2 is 1.58 bits per heavy atom. The number of esters is 2. The fourth-order valence-corrected chi connectivity index (χ4v) is 2.79. The predicted molar refractivity (Wildman–Crippen MR) is 92.5 cm³/mol. The molecular weight excluding hydrogens is 336 g/mol. The zero-order valence-corrected chi connectivity index (χ0v) is 14.3. The number of carbonyl (C=O) groups excluding carboxylic acids is 2. The molecule has 0 spiro atoms. The average Bonchev–Trinajstić information content (AvgIpc) is 2.94. The minimum atomic E-state index is -1.30. The number of carbonyl (C=O) groups is 2. The molecule has 6 heteroatoms. The van der Waals surface area contributed by atoms with Crippen molar-refractivity contribution in [3.8, 4) is 0 Å². The first-order valence-electron chi connectivity index (χ1n) is 8.32. The summed E-state index contributed by atoms with van der Waals surface area (Å²) in [6.45, 7) is 1.56. The average molecular weight is 356 g/mol. The van der Waals surface area contributed by atoms with E-state index in [1.54, 1.807) is 67.6 Å². The number of hydrogen-bond acceptors (Lipinski definition) is 6. The molecule has 1 heterocycles. The summed E-state index contributed by atoms with van der Waals surface area (Å²) in [5, 5.41) is 10.2. The zero-order chi connectivity index (χ0) is 18.6.